The third-order valence-electron chi connectivity index (χ3n) is 5.56. The van der Waals surface area contributed by atoms with Crippen LogP contribution in [0.4, 0.5) is 0 Å². The summed E-state index contributed by atoms with van der Waals surface area (Å²) in [6.45, 7) is 0. The van der Waals surface area contributed by atoms with Gasteiger partial charge in [-0.2, -0.15) is 11.8 Å². The van der Waals surface area contributed by atoms with Gasteiger partial charge in [0.15, 0.2) is 0 Å². The SMILES string of the molecule is O=C(O)CCC/C=C\C[C@@H]1[C@H](CSC/C=C/c2ccccc2)[C@@H]2CC[C@H]1O2. The quantitative estimate of drug-likeness (QED) is 0.407. The number of aliphatic carboxylic acids is 1. The second-order valence-corrected chi connectivity index (χ2v) is 8.54. The van der Waals surface area contributed by atoms with Crippen LogP contribution in [0.25, 0.3) is 6.08 Å². The van der Waals surface area contributed by atoms with E-state index < -0.39 is 5.97 Å². The minimum atomic E-state index is -0.705. The summed E-state index contributed by atoms with van der Waals surface area (Å²) in [4.78, 5) is 10.6. The van der Waals surface area contributed by atoms with E-state index in [4.69, 9.17) is 9.84 Å². The van der Waals surface area contributed by atoms with Crippen LogP contribution in [0.3, 0.4) is 0 Å². The number of carboxylic acid groups (broad SMARTS) is 1. The molecule has 0 aromatic heterocycles. The van der Waals surface area contributed by atoms with E-state index in [9.17, 15) is 4.79 Å². The third kappa shape index (κ3) is 6.25. The molecule has 0 unspecified atom stereocenters. The molecule has 0 spiro atoms. The van der Waals surface area contributed by atoms with E-state index in [1.54, 1.807) is 0 Å². The van der Waals surface area contributed by atoms with Gasteiger partial charge in [0, 0.05) is 12.2 Å². The van der Waals surface area contributed by atoms with Gasteiger partial charge in [-0.05, 0) is 55.3 Å². The van der Waals surface area contributed by atoms with Crippen molar-refractivity contribution >= 4 is 23.8 Å². The fourth-order valence-corrected chi connectivity index (χ4v) is 5.29. The highest BCUT2D eigenvalue weighted by atomic mass is 32.2. The zero-order valence-corrected chi connectivity index (χ0v) is 16.7. The van der Waals surface area contributed by atoms with E-state index in [1.165, 1.54) is 18.4 Å². The Kier molecular flexibility index (Phi) is 8.03. The van der Waals surface area contributed by atoms with E-state index in [0.29, 0.717) is 24.0 Å². The van der Waals surface area contributed by atoms with E-state index in [2.05, 4.69) is 48.6 Å². The average Bonchev–Trinajstić information content (AvgIpc) is 3.27. The van der Waals surface area contributed by atoms with Crippen LogP contribution >= 0.6 is 11.8 Å². The summed E-state index contributed by atoms with van der Waals surface area (Å²) in [7, 11) is 0. The minimum Gasteiger partial charge on any atom is -0.481 e. The van der Waals surface area contributed by atoms with Crippen LogP contribution < -0.4 is 0 Å². The number of rotatable bonds is 11. The van der Waals surface area contributed by atoms with Gasteiger partial charge in [0.1, 0.15) is 0 Å². The molecule has 2 bridgehead atoms. The standard InChI is InChI=1S/C23H30O3S/c24-23(25)13-7-2-1-6-12-19-20(22-15-14-21(19)26-22)17-27-16-8-11-18-9-4-3-5-10-18/h1,3-6,8-11,19-22H,2,7,12-17H2,(H,24,25)/b6-1-,11-8+/t19-,20+,21-,22+/m1/s1. The molecule has 3 nitrogen and oxygen atoms in total. The van der Waals surface area contributed by atoms with Crippen molar-refractivity contribution in [2.45, 2.75) is 50.7 Å². The Hall–Kier alpha value is -1.52. The van der Waals surface area contributed by atoms with Gasteiger partial charge in [0.25, 0.3) is 0 Å². The Morgan fingerprint density at radius 1 is 1.11 bits per heavy atom. The van der Waals surface area contributed by atoms with Crippen LogP contribution in [-0.2, 0) is 9.53 Å². The monoisotopic (exact) mass is 386 g/mol. The number of thioether (sulfide) groups is 1. The fourth-order valence-electron chi connectivity index (χ4n) is 4.19. The van der Waals surface area contributed by atoms with Gasteiger partial charge in [0.2, 0.25) is 0 Å². The van der Waals surface area contributed by atoms with Crippen LogP contribution in [0.2, 0.25) is 0 Å². The van der Waals surface area contributed by atoms with Gasteiger partial charge in [0.05, 0.1) is 12.2 Å². The number of ether oxygens (including phenoxy) is 1. The molecule has 0 radical (unpaired) electrons. The van der Waals surface area contributed by atoms with Crippen molar-refractivity contribution in [3.63, 3.8) is 0 Å². The summed E-state index contributed by atoms with van der Waals surface area (Å²) in [6.07, 6.45) is 15.1. The molecule has 2 saturated heterocycles. The van der Waals surface area contributed by atoms with Crippen molar-refractivity contribution in [3.05, 3.63) is 54.1 Å². The molecule has 2 fully saturated rings. The maximum Gasteiger partial charge on any atom is 0.303 e. The normalized spacial score (nSPS) is 27.1. The Balaban J connectivity index is 1.39. The van der Waals surface area contributed by atoms with Crippen LogP contribution in [-0.4, -0.2) is 34.8 Å². The predicted molar refractivity (Wildman–Crippen MR) is 113 cm³/mol. The maximum atomic E-state index is 10.6. The number of unbranched alkanes of at least 4 members (excludes halogenated alkanes) is 1. The smallest absolute Gasteiger partial charge is 0.303 e. The van der Waals surface area contributed by atoms with E-state index in [-0.39, 0.29) is 6.42 Å². The molecule has 4 atom stereocenters. The molecule has 2 aliphatic heterocycles. The summed E-state index contributed by atoms with van der Waals surface area (Å²) < 4.78 is 6.19. The third-order valence-corrected chi connectivity index (χ3v) is 6.61. The van der Waals surface area contributed by atoms with Crippen molar-refractivity contribution in [2.75, 3.05) is 11.5 Å². The number of allylic oxidation sites excluding steroid dienone is 2. The van der Waals surface area contributed by atoms with Crippen molar-refractivity contribution < 1.29 is 14.6 Å². The summed E-state index contributed by atoms with van der Waals surface area (Å²) >= 11 is 2.01. The first-order valence-corrected chi connectivity index (χ1v) is 11.2. The molecule has 146 valence electrons. The first-order valence-electron chi connectivity index (χ1n) is 10.1. The van der Waals surface area contributed by atoms with E-state index in [1.807, 2.05) is 17.8 Å². The summed E-state index contributed by atoms with van der Waals surface area (Å²) in [5, 5.41) is 8.69. The van der Waals surface area contributed by atoms with Gasteiger partial charge in [-0.25, -0.2) is 0 Å². The Bertz CT molecular complexity index is 640. The molecule has 0 aliphatic carbocycles. The fraction of sp³-hybridized carbons (Fsp3) is 0.522. The Morgan fingerprint density at radius 3 is 2.67 bits per heavy atom. The highest BCUT2D eigenvalue weighted by Gasteiger charge is 2.47. The summed E-state index contributed by atoms with van der Waals surface area (Å²) in [5.74, 6) is 2.79. The van der Waals surface area contributed by atoms with Crippen molar-refractivity contribution in [1.29, 1.82) is 0 Å². The van der Waals surface area contributed by atoms with E-state index >= 15 is 0 Å². The number of benzene rings is 1. The van der Waals surface area contributed by atoms with Gasteiger partial charge >= 0.3 is 5.97 Å². The lowest BCUT2D eigenvalue weighted by Gasteiger charge is -2.26. The van der Waals surface area contributed by atoms with Crippen LogP contribution in [0.5, 0.6) is 0 Å². The van der Waals surface area contributed by atoms with Crippen molar-refractivity contribution in [1.82, 2.24) is 0 Å². The summed E-state index contributed by atoms with van der Waals surface area (Å²) in [5.41, 5.74) is 1.26. The molecule has 2 heterocycles. The first-order chi connectivity index (χ1) is 13.2. The van der Waals surface area contributed by atoms with Gasteiger partial charge < -0.3 is 9.84 Å². The Morgan fingerprint density at radius 2 is 1.89 bits per heavy atom. The second-order valence-electron chi connectivity index (χ2n) is 7.46. The number of carbonyl (C=O) groups is 1. The molecular formula is C23H30O3S. The maximum absolute atomic E-state index is 10.6. The van der Waals surface area contributed by atoms with Crippen LogP contribution in [0.1, 0.15) is 44.1 Å². The highest BCUT2D eigenvalue weighted by Crippen LogP contribution is 2.46. The topological polar surface area (TPSA) is 46.5 Å². The number of hydrogen-bond acceptors (Lipinski definition) is 3. The molecular weight excluding hydrogens is 356 g/mol. The number of hydrogen-bond donors (Lipinski definition) is 1. The first kappa shape index (κ1) is 20.2. The lowest BCUT2D eigenvalue weighted by molar-refractivity contribution is -0.137. The molecule has 4 heteroatoms. The zero-order chi connectivity index (χ0) is 18.9. The zero-order valence-electron chi connectivity index (χ0n) is 15.8. The summed E-state index contributed by atoms with van der Waals surface area (Å²) in [6, 6.07) is 10.4. The Labute approximate surface area is 166 Å². The molecule has 0 amide bonds. The lowest BCUT2D eigenvalue weighted by Crippen LogP contribution is -2.28. The molecule has 1 aromatic rings. The van der Waals surface area contributed by atoms with Crippen LogP contribution in [0, 0.1) is 11.8 Å². The van der Waals surface area contributed by atoms with Crippen LogP contribution in [0.15, 0.2) is 48.6 Å². The molecule has 0 saturated carbocycles. The predicted octanol–water partition coefficient (Wildman–Crippen LogP) is 5.43. The molecule has 2 aliphatic rings. The van der Waals surface area contributed by atoms with Gasteiger partial charge in [-0.1, -0.05) is 54.6 Å². The number of carboxylic acids is 1. The lowest BCUT2D eigenvalue weighted by atomic mass is 9.78. The largest absolute Gasteiger partial charge is 0.481 e. The van der Waals surface area contributed by atoms with Gasteiger partial charge in [-0.3, -0.25) is 4.79 Å². The molecule has 27 heavy (non-hydrogen) atoms. The minimum absolute atomic E-state index is 0.261. The van der Waals surface area contributed by atoms with Crippen molar-refractivity contribution in [3.8, 4) is 0 Å². The average molecular weight is 387 g/mol. The highest BCUT2D eigenvalue weighted by molar-refractivity contribution is 7.99. The van der Waals surface area contributed by atoms with Crippen molar-refractivity contribution in [2.24, 2.45) is 11.8 Å². The van der Waals surface area contributed by atoms with Gasteiger partial charge in [-0.15, -0.1) is 0 Å². The van der Waals surface area contributed by atoms with E-state index in [0.717, 1.165) is 30.8 Å². The number of fused-ring (bicyclic) bond motifs is 2. The molecule has 3 rings (SSSR count). The second kappa shape index (κ2) is 10.7. The molecule has 1 N–H and O–H groups in total. The molecule has 1 aromatic carbocycles.